The number of methoxy groups -OCH3 is 2. The van der Waals surface area contributed by atoms with Gasteiger partial charge in [0.1, 0.15) is 11.5 Å². The van der Waals surface area contributed by atoms with Gasteiger partial charge in [-0.15, -0.1) is 0 Å². The Morgan fingerprint density at radius 1 is 1.30 bits per heavy atom. The summed E-state index contributed by atoms with van der Waals surface area (Å²) in [4.78, 5) is 2.40. The molecule has 1 fully saturated rings. The molecule has 1 heterocycles. The molecule has 1 aromatic carbocycles. The van der Waals surface area contributed by atoms with Gasteiger partial charge in [0.2, 0.25) is 0 Å². The molecule has 20 heavy (non-hydrogen) atoms. The Balaban J connectivity index is 2.16. The largest absolute Gasteiger partial charge is 0.497 e. The van der Waals surface area contributed by atoms with Gasteiger partial charge < -0.3 is 19.7 Å². The number of hydrogen-bond acceptors (Lipinski definition) is 4. The zero-order valence-corrected chi connectivity index (χ0v) is 13.0. The Hall–Kier alpha value is -1.42. The molecule has 0 radical (unpaired) electrons. The number of nitrogens with zero attached hydrogens (tertiary/aromatic N) is 1. The normalized spacial score (nSPS) is 22.7. The van der Waals surface area contributed by atoms with Crippen LogP contribution in [0, 0.1) is 5.92 Å². The zero-order valence-electron chi connectivity index (χ0n) is 13.0. The average Bonchev–Trinajstić information content (AvgIpc) is 2.48. The summed E-state index contributed by atoms with van der Waals surface area (Å²) in [7, 11) is 3.42. The smallest absolute Gasteiger partial charge is 0.142 e. The summed E-state index contributed by atoms with van der Waals surface area (Å²) >= 11 is 0. The molecule has 0 spiro atoms. The first-order valence-corrected chi connectivity index (χ1v) is 7.40. The fourth-order valence-corrected chi connectivity index (χ4v) is 2.97. The molecule has 1 saturated heterocycles. The van der Waals surface area contributed by atoms with Crippen LogP contribution in [0.5, 0.6) is 11.5 Å². The molecule has 2 atom stereocenters. The number of hydrogen-bond donors (Lipinski definition) is 1. The molecular weight excluding hydrogens is 252 g/mol. The maximum atomic E-state index is 5.49. The minimum atomic E-state index is 0.618. The quantitative estimate of drug-likeness (QED) is 0.897. The molecule has 1 aliphatic rings. The molecule has 0 amide bonds. The Bertz CT molecular complexity index is 436. The summed E-state index contributed by atoms with van der Waals surface area (Å²) in [6, 6.07) is 6.61. The molecule has 0 bridgehead atoms. The van der Waals surface area contributed by atoms with Gasteiger partial charge in [0.25, 0.3) is 0 Å². The molecule has 0 saturated carbocycles. The van der Waals surface area contributed by atoms with E-state index >= 15 is 0 Å². The van der Waals surface area contributed by atoms with Crippen molar-refractivity contribution in [2.45, 2.75) is 26.3 Å². The molecule has 0 aliphatic carbocycles. The Kier molecular flexibility index (Phi) is 5.12. The predicted molar refractivity (Wildman–Crippen MR) is 83.0 cm³/mol. The van der Waals surface area contributed by atoms with Crippen LogP contribution >= 0.6 is 0 Å². The minimum absolute atomic E-state index is 0.618. The summed E-state index contributed by atoms with van der Waals surface area (Å²) in [6.07, 6.45) is 1.16. The number of benzene rings is 1. The van der Waals surface area contributed by atoms with E-state index in [0.717, 1.165) is 43.2 Å². The summed E-state index contributed by atoms with van der Waals surface area (Å²) in [5.74, 6) is 2.42. The van der Waals surface area contributed by atoms with Crippen molar-refractivity contribution in [3.63, 3.8) is 0 Å². The van der Waals surface area contributed by atoms with E-state index in [4.69, 9.17) is 9.47 Å². The summed E-state index contributed by atoms with van der Waals surface area (Å²) in [5, 5.41) is 3.57. The highest BCUT2D eigenvalue weighted by Gasteiger charge is 2.27. The second-order valence-electron chi connectivity index (χ2n) is 5.41. The SMILES string of the molecule is CCNC1CCN(c2cc(OC)ccc2OC)CC1C. The van der Waals surface area contributed by atoms with E-state index in [1.807, 2.05) is 12.1 Å². The summed E-state index contributed by atoms with van der Waals surface area (Å²) < 4.78 is 10.8. The van der Waals surface area contributed by atoms with Crippen molar-refractivity contribution in [3.8, 4) is 11.5 Å². The van der Waals surface area contributed by atoms with Crippen LogP contribution < -0.4 is 19.7 Å². The molecule has 2 unspecified atom stereocenters. The van der Waals surface area contributed by atoms with Gasteiger partial charge in [0.05, 0.1) is 19.9 Å². The number of ether oxygens (including phenoxy) is 2. The lowest BCUT2D eigenvalue weighted by Gasteiger charge is -2.39. The number of nitrogens with one attached hydrogen (secondary N) is 1. The Morgan fingerprint density at radius 2 is 2.10 bits per heavy atom. The molecular formula is C16H26N2O2. The molecule has 4 nitrogen and oxygen atoms in total. The van der Waals surface area contributed by atoms with Crippen LogP contribution in [0.3, 0.4) is 0 Å². The van der Waals surface area contributed by atoms with Crippen LogP contribution in [0.1, 0.15) is 20.3 Å². The van der Waals surface area contributed by atoms with Crippen LogP contribution in [0.2, 0.25) is 0 Å². The van der Waals surface area contributed by atoms with Crippen LogP contribution in [-0.2, 0) is 0 Å². The van der Waals surface area contributed by atoms with Gasteiger partial charge >= 0.3 is 0 Å². The third-order valence-corrected chi connectivity index (χ3v) is 4.10. The Labute approximate surface area is 122 Å². The number of anilines is 1. The lowest BCUT2D eigenvalue weighted by Crippen LogP contribution is -2.48. The highest BCUT2D eigenvalue weighted by atomic mass is 16.5. The third kappa shape index (κ3) is 3.18. The van der Waals surface area contributed by atoms with Gasteiger partial charge in [-0.1, -0.05) is 13.8 Å². The van der Waals surface area contributed by atoms with Crippen molar-refractivity contribution in [3.05, 3.63) is 18.2 Å². The highest BCUT2D eigenvalue weighted by Crippen LogP contribution is 2.34. The van der Waals surface area contributed by atoms with Gasteiger partial charge in [0, 0.05) is 25.2 Å². The van der Waals surface area contributed by atoms with E-state index in [0.29, 0.717) is 12.0 Å². The van der Waals surface area contributed by atoms with E-state index in [2.05, 4.69) is 30.1 Å². The van der Waals surface area contributed by atoms with Crippen molar-refractivity contribution in [2.75, 3.05) is 38.8 Å². The van der Waals surface area contributed by atoms with Gasteiger partial charge in [-0.05, 0) is 31.0 Å². The van der Waals surface area contributed by atoms with Crippen molar-refractivity contribution < 1.29 is 9.47 Å². The second kappa shape index (κ2) is 6.84. The van der Waals surface area contributed by atoms with Crippen molar-refractivity contribution >= 4 is 5.69 Å². The van der Waals surface area contributed by atoms with E-state index in [-0.39, 0.29) is 0 Å². The molecule has 2 rings (SSSR count). The molecule has 0 aromatic heterocycles. The summed E-state index contributed by atoms with van der Waals surface area (Å²) in [6.45, 7) is 7.61. The number of piperidine rings is 1. The van der Waals surface area contributed by atoms with Gasteiger partial charge in [-0.25, -0.2) is 0 Å². The van der Waals surface area contributed by atoms with E-state index in [1.54, 1.807) is 14.2 Å². The van der Waals surface area contributed by atoms with Gasteiger partial charge in [0.15, 0.2) is 0 Å². The lowest BCUT2D eigenvalue weighted by atomic mass is 9.93. The van der Waals surface area contributed by atoms with Crippen molar-refractivity contribution in [1.29, 1.82) is 0 Å². The standard InChI is InChI=1S/C16H26N2O2/c1-5-17-14-8-9-18(11-12(14)2)15-10-13(19-3)6-7-16(15)20-4/h6-7,10,12,14,17H,5,8-9,11H2,1-4H3. The van der Waals surface area contributed by atoms with Crippen LogP contribution in [0.25, 0.3) is 0 Å². The van der Waals surface area contributed by atoms with Gasteiger partial charge in [-0.2, -0.15) is 0 Å². The zero-order chi connectivity index (χ0) is 14.5. The second-order valence-corrected chi connectivity index (χ2v) is 5.41. The van der Waals surface area contributed by atoms with E-state index in [9.17, 15) is 0 Å². The molecule has 1 N–H and O–H groups in total. The molecule has 1 aliphatic heterocycles. The number of rotatable bonds is 5. The minimum Gasteiger partial charge on any atom is -0.497 e. The monoisotopic (exact) mass is 278 g/mol. The lowest BCUT2D eigenvalue weighted by molar-refractivity contribution is 0.324. The van der Waals surface area contributed by atoms with Crippen LogP contribution in [-0.4, -0.2) is 39.9 Å². The average molecular weight is 278 g/mol. The van der Waals surface area contributed by atoms with E-state index in [1.165, 1.54) is 0 Å². The third-order valence-electron chi connectivity index (χ3n) is 4.10. The first-order chi connectivity index (χ1) is 9.69. The van der Waals surface area contributed by atoms with Crippen LogP contribution in [0.15, 0.2) is 18.2 Å². The first-order valence-electron chi connectivity index (χ1n) is 7.40. The molecule has 112 valence electrons. The fourth-order valence-electron chi connectivity index (χ4n) is 2.97. The van der Waals surface area contributed by atoms with Crippen molar-refractivity contribution in [2.24, 2.45) is 5.92 Å². The predicted octanol–water partition coefficient (Wildman–Crippen LogP) is 2.53. The topological polar surface area (TPSA) is 33.7 Å². The maximum absolute atomic E-state index is 5.49. The van der Waals surface area contributed by atoms with Gasteiger partial charge in [-0.3, -0.25) is 0 Å². The Morgan fingerprint density at radius 3 is 2.70 bits per heavy atom. The first kappa shape index (κ1) is 15.0. The highest BCUT2D eigenvalue weighted by molar-refractivity contribution is 5.62. The fraction of sp³-hybridized carbons (Fsp3) is 0.625. The van der Waals surface area contributed by atoms with Crippen molar-refractivity contribution in [1.82, 2.24) is 5.32 Å². The summed E-state index contributed by atoms with van der Waals surface area (Å²) in [5.41, 5.74) is 1.13. The van der Waals surface area contributed by atoms with Crippen LogP contribution in [0.4, 0.5) is 5.69 Å². The molecule has 1 aromatic rings. The van der Waals surface area contributed by atoms with E-state index < -0.39 is 0 Å². The molecule has 4 heteroatoms. The maximum Gasteiger partial charge on any atom is 0.142 e.